The van der Waals surface area contributed by atoms with Crippen LogP contribution < -0.4 is 0 Å². The van der Waals surface area contributed by atoms with Gasteiger partial charge in [0.2, 0.25) is 0 Å². The Balaban J connectivity index is 1.79. The van der Waals surface area contributed by atoms with Gasteiger partial charge in [0.25, 0.3) is 0 Å². The van der Waals surface area contributed by atoms with Gasteiger partial charge in [0.05, 0.1) is 0 Å². The lowest BCUT2D eigenvalue weighted by Gasteiger charge is -2.34. The molecule has 2 fully saturated rings. The SMILES string of the molecule is OCC1CCCCC1CC1CCCCC1. The van der Waals surface area contributed by atoms with Crippen LogP contribution in [0.4, 0.5) is 0 Å². The van der Waals surface area contributed by atoms with Gasteiger partial charge in [0, 0.05) is 6.61 Å². The normalized spacial score (nSPS) is 34.2. The van der Waals surface area contributed by atoms with Crippen molar-refractivity contribution >= 4 is 0 Å². The monoisotopic (exact) mass is 210 g/mol. The highest BCUT2D eigenvalue weighted by Gasteiger charge is 2.27. The molecule has 15 heavy (non-hydrogen) atoms. The molecule has 0 aromatic rings. The molecular weight excluding hydrogens is 184 g/mol. The molecule has 0 aromatic heterocycles. The van der Waals surface area contributed by atoms with Crippen LogP contribution in [0.3, 0.4) is 0 Å². The highest BCUT2D eigenvalue weighted by molar-refractivity contribution is 4.78. The summed E-state index contributed by atoms with van der Waals surface area (Å²) in [5, 5.41) is 9.39. The summed E-state index contributed by atoms with van der Waals surface area (Å²) < 4.78 is 0. The number of hydrogen-bond donors (Lipinski definition) is 1. The van der Waals surface area contributed by atoms with Crippen molar-refractivity contribution in [2.45, 2.75) is 64.2 Å². The van der Waals surface area contributed by atoms with E-state index in [1.807, 2.05) is 0 Å². The maximum atomic E-state index is 9.39. The highest BCUT2D eigenvalue weighted by Crippen LogP contribution is 2.38. The zero-order valence-corrected chi connectivity index (χ0v) is 9.96. The standard InChI is InChI=1S/C14H26O/c15-11-14-9-5-4-8-13(14)10-12-6-2-1-3-7-12/h12-15H,1-11H2. The molecule has 0 heterocycles. The van der Waals surface area contributed by atoms with Crippen molar-refractivity contribution in [3.8, 4) is 0 Å². The molecule has 88 valence electrons. The van der Waals surface area contributed by atoms with Gasteiger partial charge in [-0.3, -0.25) is 0 Å². The third-order valence-electron chi connectivity index (χ3n) is 4.66. The zero-order chi connectivity index (χ0) is 10.5. The maximum absolute atomic E-state index is 9.39. The van der Waals surface area contributed by atoms with Crippen LogP contribution in [0.5, 0.6) is 0 Å². The lowest BCUT2D eigenvalue weighted by atomic mass is 9.72. The first-order valence-electron chi connectivity index (χ1n) is 7.01. The van der Waals surface area contributed by atoms with E-state index in [4.69, 9.17) is 0 Å². The van der Waals surface area contributed by atoms with Gasteiger partial charge in [-0.25, -0.2) is 0 Å². The summed E-state index contributed by atoms with van der Waals surface area (Å²) in [4.78, 5) is 0. The Hall–Kier alpha value is -0.0400. The van der Waals surface area contributed by atoms with Crippen molar-refractivity contribution < 1.29 is 5.11 Å². The van der Waals surface area contributed by atoms with Gasteiger partial charge in [-0.05, 0) is 30.6 Å². The van der Waals surface area contributed by atoms with E-state index in [-0.39, 0.29) is 0 Å². The van der Waals surface area contributed by atoms with Crippen LogP contribution in [0.1, 0.15) is 64.2 Å². The van der Waals surface area contributed by atoms with Gasteiger partial charge in [0.15, 0.2) is 0 Å². The Bertz CT molecular complexity index is 172. The Kier molecular flexibility index (Phi) is 4.49. The van der Waals surface area contributed by atoms with Crippen LogP contribution in [0, 0.1) is 17.8 Å². The first-order valence-corrected chi connectivity index (χ1v) is 7.01. The summed E-state index contributed by atoms with van der Waals surface area (Å²) in [6.07, 6.45) is 14.2. The highest BCUT2D eigenvalue weighted by atomic mass is 16.3. The minimum absolute atomic E-state index is 0.442. The smallest absolute Gasteiger partial charge is 0.0461 e. The van der Waals surface area contributed by atoms with Gasteiger partial charge in [-0.2, -0.15) is 0 Å². The fraction of sp³-hybridized carbons (Fsp3) is 1.00. The minimum atomic E-state index is 0.442. The molecule has 0 amide bonds. The predicted octanol–water partition coefficient (Wildman–Crippen LogP) is 3.76. The quantitative estimate of drug-likeness (QED) is 0.752. The first kappa shape index (κ1) is 11.4. The fourth-order valence-corrected chi connectivity index (χ4v) is 3.69. The molecule has 0 spiro atoms. The van der Waals surface area contributed by atoms with E-state index in [9.17, 15) is 5.11 Å². The van der Waals surface area contributed by atoms with Crippen LogP contribution in [0.25, 0.3) is 0 Å². The largest absolute Gasteiger partial charge is 0.396 e. The lowest BCUT2D eigenvalue weighted by molar-refractivity contribution is 0.110. The summed E-state index contributed by atoms with van der Waals surface area (Å²) in [6, 6.07) is 0. The van der Waals surface area contributed by atoms with Crippen molar-refractivity contribution in [3.63, 3.8) is 0 Å². The molecule has 0 aliphatic heterocycles. The van der Waals surface area contributed by atoms with Crippen molar-refractivity contribution in [2.75, 3.05) is 6.61 Å². The van der Waals surface area contributed by atoms with E-state index in [2.05, 4.69) is 0 Å². The topological polar surface area (TPSA) is 20.2 Å². The fourth-order valence-electron chi connectivity index (χ4n) is 3.69. The molecule has 1 nitrogen and oxygen atoms in total. The number of hydrogen-bond acceptors (Lipinski definition) is 1. The Morgan fingerprint density at radius 3 is 2.00 bits per heavy atom. The molecule has 0 radical (unpaired) electrons. The molecule has 2 atom stereocenters. The summed E-state index contributed by atoms with van der Waals surface area (Å²) in [5.74, 6) is 2.49. The second kappa shape index (κ2) is 5.89. The van der Waals surface area contributed by atoms with E-state index >= 15 is 0 Å². The van der Waals surface area contributed by atoms with Crippen molar-refractivity contribution in [3.05, 3.63) is 0 Å². The van der Waals surface area contributed by atoms with Crippen LogP contribution in [0.15, 0.2) is 0 Å². The molecule has 2 aliphatic rings. The van der Waals surface area contributed by atoms with E-state index in [1.54, 1.807) is 0 Å². The van der Waals surface area contributed by atoms with E-state index in [0.29, 0.717) is 12.5 Å². The van der Waals surface area contributed by atoms with Gasteiger partial charge < -0.3 is 5.11 Å². The van der Waals surface area contributed by atoms with Gasteiger partial charge in [0.1, 0.15) is 0 Å². The number of aliphatic hydroxyl groups excluding tert-OH is 1. The second-order valence-corrected chi connectivity index (χ2v) is 5.73. The lowest BCUT2D eigenvalue weighted by Crippen LogP contribution is -2.25. The number of aliphatic hydroxyl groups is 1. The van der Waals surface area contributed by atoms with Gasteiger partial charge >= 0.3 is 0 Å². The number of rotatable bonds is 3. The van der Waals surface area contributed by atoms with E-state index in [1.165, 1.54) is 64.2 Å². The van der Waals surface area contributed by atoms with Crippen LogP contribution in [-0.4, -0.2) is 11.7 Å². The molecule has 0 aromatic carbocycles. The molecule has 2 saturated carbocycles. The summed E-state index contributed by atoms with van der Waals surface area (Å²) in [5.41, 5.74) is 0. The third kappa shape index (κ3) is 3.21. The average Bonchev–Trinajstić information content (AvgIpc) is 2.31. The Morgan fingerprint density at radius 1 is 0.733 bits per heavy atom. The van der Waals surface area contributed by atoms with Gasteiger partial charge in [-0.1, -0.05) is 51.4 Å². The zero-order valence-electron chi connectivity index (χ0n) is 9.96. The summed E-state index contributed by atoms with van der Waals surface area (Å²) in [7, 11) is 0. The van der Waals surface area contributed by atoms with Crippen molar-refractivity contribution in [1.29, 1.82) is 0 Å². The van der Waals surface area contributed by atoms with Crippen molar-refractivity contribution in [1.82, 2.24) is 0 Å². The molecule has 1 heteroatoms. The molecule has 1 N–H and O–H groups in total. The van der Waals surface area contributed by atoms with E-state index < -0.39 is 0 Å². The van der Waals surface area contributed by atoms with Crippen molar-refractivity contribution in [2.24, 2.45) is 17.8 Å². The predicted molar refractivity (Wildman–Crippen MR) is 63.7 cm³/mol. The van der Waals surface area contributed by atoms with Crippen LogP contribution in [-0.2, 0) is 0 Å². The van der Waals surface area contributed by atoms with Crippen LogP contribution >= 0.6 is 0 Å². The molecule has 0 bridgehead atoms. The molecular formula is C14H26O. The first-order chi connectivity index (χ1) is 7.40. The average molecular weight is 210 g/mol. The minimum Gasteiger partial charge on any atom is -0.396 e. The third-order valence-corrected chi connectivity index (χ3v) is 4.66. The summed E-state index contributed by atoms with van der Waals surface area (Å²) in [6.45, 7) is 0.442. The van der Waals surface area contributed by atoms with Crippen LogP contribution in [0.2, 0.25) is 0 Å². The summed E-state index contributed by atoms with van der Waals surface area (Å²) >= 11 is 0. The van der Waals surface area contributed by atoms with E-state index in [0.717, 1.165) is 11.8 Å². The van der Waals surface area contributed by atoms with Gasteiger partial charge in [-0.15, -0.1) is 0 Å². The molecule has 2 aliphatic carbocycles. The molecule has 2 rings (SSSR count). The molecule has 0 saturated heterocycles. The second-order valence-electron chi connectivity index (χ2n) is 5.73. The molecule has 2 unspecified atom stereocenters. The Morgan fingerprint density at radius 2 is 1.33 bits per heavy atom. The Labute approximate surface area is 94.3 Å². The maximum Gasteiger partial charge on any atom is 0.0461 e.